The van der Waals surface area contributed by atoms with Crippen molar-refractivity contribution in [3.05, 3.63) is 23.8 Å². The van der Waals surface area contributed by atoms with E-state index in [1.165, 1.54) is 18.2 Å². The number of unbranched alkanes of at least 4 members (excludes halogenated alkanes) is 1. The molecular weight excluding hydrogens is 234 g/mol. The molecule has 0 fully saturated rings. The number of benzene rings is 1. The lowest BCUT2D eigenvalue weighted by Crippen LogP contribution is -2.27. The van der Waals surface area contributed by atoms with Crippen molar-refractivity contribution in [1.29, 1.82) is 0 Å². The molecule has 0 aliphatic heterocycles. The summed E-state index contributed by atoms with van der Waals surface area (Å²) in [6, 6.07) is 3.82. The summed E-state index contributed by atoms with van der Waals surface area (Å²) in [6.45, 7) is 3.57. The van der Waals surface area contributed by atoms with Gasteiger partial charge in [0.05, 0.1) is 12.2 Å². The quantitative estimate of drug-likeness (QED) is 0.510. The topological polar surface area (TPSA) is 78.8 Å². The maximum atomic E-state index is 11.7. The van der Waals surface area contributed by atoms with Gasteiger partial charge in [0.15, 0.2) is 0 Å². The summed E-state index contributed by atoms with van der Waals surface area (Å²) in [5.41, 5.74) is 0.0589. The number of ether oxygens (including phenoxy) is 1. The Kier molecular flexibility index (Phi) is 6.00. The Labute approximate surface area is 106 Å². The summed E-state index contributed by atoms with van der Waals surface area (Å²) in [6.07, 6.45) is 2.07. The Balaban J connectivity index is 2.34. The lowest BCUT2D eigenvalue weighted by molar-refractivity contribution is 0.0910. The van der Waals surface area contributed by atoms with E-state index in [1.807, 2.05) is 0 Å². The molecule has 0 saturated carbocycles. The second kappa shape index (κ2) is 7.55. The van der Waals surface area contributed by atoms with Crippen LogP contribution in [-0.2, 0) is 4.74 Å². The first kappa shape index (κ1) is 14.3. The predicted molar refractivity (Wildman–Crippen MR) is 67.8 cm³/mol. The van der Waals surface area contributed by atoms with E-state index in [-0.39, 0.29) is 17.1 Å². The summed E-state index contributed by atoms with van der Waals surface area (Å²) in [7, 11) is 0. The Bertz CT molecular complexity index is 393. The summed E-state index contributed by atoms with van der Waals surface area (Å²) < 4.78 is 5.29. The number of phenolic OH excluding ortho intramolecular Hbond substituents is 2. The minimum Gasteiger partial charge on any atom is -0.508 e. The lowest BCUT2D eigenvalue weighted by atomic mass is 10.2. The molecule has 1 aromatic rings. The molecule has 0 spiro atoms. The van der Waals surface area contributed by atoms with Crippen molar-refractivity contribution in [2.75, 3.05) is 19.8 Å². The van der Waals surface area contributed by atoms with Crippen LogP contribution < -0.4 is 5.32 Å². The highest BCUT2D eigenvalue weighted by atomic mass is 16.5. The van der Waals surface area contributed by atoms with E-state index >= 15 is 0 Å². The van der Waals surface area contributed by atoms with Crippen LogP contribution in [0.3, 0.4) is 0 Å². The summed E-state index contributed by atoms with van der Waals surface area (Å²) in [4.78, 5) is 11.7. The van der Waals surface area contributed by atoms with Crippen LogP contribution in [0.5, 0.6) is 11.5 Å². The molecule has 0 heterocycles. The first-order chi connectivity index (χ1) is 8.65. The van der Waals surface area contributed by atoms with Gasteiger partial charge in [0.25, 0.3) is 5.91 Å². The lowest BCUT2D eigenvalue weighted by Gasteiger charge is -2.07. The highest BCUT2D eigenvalue weighted by Gasteiger charge is 2.11. The second-order valence-corrected chi connectivity index (χ2v) is 3.92. The van der Waals surface area contributed by atoms with Crippen molar-refractivity contribution < 1.29 is 19.7 Å². The van der Waals surface area contributed by atoms with Crippen molar-refractivity contribution in [3.8, 4) is 11.5 Å². The van der Waals surface area contributed by atoms with E-state index in [9.17, 15) is 15.0 Å². The van der Waals surface area contributed by atoms with E-state index < -0.39 is 5.91 Å². The fourth-order valence-corrected chi connectivity index (χ4v) is 1.39. The standard InChI is InChI=1S/C13H19NO4/c1-2-3-7-18-8-6-14-13(17)11-9-10(15)4-5-12(11)16/h4-5,9,15-16H,2-3,6-8H2,1H3,(H,14,17). The molecule has 0 bridgehead atoms. The summed E-state index contributed by atoms with van der Waals surface area (Å²) >= 11 is 0. The van der Waals surface area contributed by atoms with Gasteiger partial charge in [0.2, 0.25) is 0 Å². The molecule has 1 rings (SSSR count). The minimum atomic E-state index is -0.428. The minimum absolute atomic E-state index is 0.0582. The van der Waals surface area contributed by atoms with Crippen LogP contribution in [-0.4, -0.2) is 35.9 Å². The SMILES string of the molecule is CCCCOCCNC(=O)c1cc(O)ccc1O. The molecule has 5 nitrogen and oxygen atoms in total. The zero-order valence-corrected chi connectivity index (χ0v) is 10.5. The van der Waals surface area contributed by atoms with E-state index in [2.05, 4.69) is 12.2 Å². The van der Waals surface area contributed by atoms with Crippen LogP contribution in [0.1, 0.15) is 30.1 Å². The Morgan fingerprint density at radius 1 is 1.33 bits per heavy atom. The van der Waals surface area contributed by atoms with Crippen LogP contribution in [0.2, 0.25) is 0 Å². The molecule has 0 aliphatic rings. The number of hydrogen-bond acceptors (Lipinski definition) is 4. The van der Waals surface area contributed by atoms with Gasteiger partial charge >= 0.3 is 0 Å². The average molecular weight is 253 g/mol. The molecule has 1 aromatic carbocycles. The average Bonchev–Trinajstić information content (AvgIpc) is 2.36. The van der Waals surface area contributed by atoms with Gasteiger partial charge in [-0.15, -0.1) is 0 Å². The molecule has 0 aliphatic carbocycles. The van der Waals surface area contributed by atoms with Crippen LogP contribution in [0.15, 0.2) is 18.2 Å². The number of hydrogen-bond donors (Lipinski definition) is 3. The molecule has 18 heavy (non-hydrogen) atoms. The van der Waals surface area contributed by atoms with Gasteiger partial charge in [-0.1, -0.05) is 13.3 Å². The molecule has 3 N–H and O–H groups in total. The second-order valence-electron chi connectivity index (χ2n) is 3.92. The molecule has 0 saturated heterocycles. The van der Waals surface area contributed by atoms with Gasteiger partial charge in [-0.05, 0) is 24.6 Å². The zero-order valence-electron chi connectivity index (χ0n) is 10.5. The van der Waals surface area contributed by atoms with Crippen molar-refractivity contribution in [3.63, 3.8) is 0 Å². The van der Waals surface area contributed by atoms with E-state index in [0.29, 0.717) is 19.8 Å². The molecule has 5 heteroatoms. The van der Waals surface area contributed by atoms with Crippen LogP contribution in [0.4, 0.5) is 0 Å². The van der Waals surface area contributed by atoms with Crippen LogP contribution >= 0.6 is 0 Å². The summed E-state index contributed by atoms with van der Waals surface area (Å²) in [5, 5.41) is 21.3. The van der Waals surface area contributed by atoms with Gasteiger partial charge in [0.1, 0.15) is 11.5 Å². The first-order valence-corrected chi connectivity index (χ1v) is 6.03. The zero-order chi connectivity index (χ0) is 13.4. The van der Waals surface area contributed by atoms with Gasteiger partial charge < -0.3 is 20.3 Å². The van der Waals surface area contributed by atoms with Gasteiger partial charge in [-0.3, -0.25) is 4.79 Å². The Morgan fingerprint density at radius 3 is 2.83 bits per heavy atom. The monoisotopic (exact) mass is 253 g/mol. The van der Waals surface area contributed by atoms with E-state index in [1.54, 1.807) is 0 Å². The Hall–Kier alpha value is -1.75. The summed E-state index contributed by atoms with van der Waals surface area (Å²) in [5.74, 6) is -0.642. The largest absolute Gasteiger partial charge is 0.508 e. The third-order valence-corrected chi connectivity index (χ3v) is 2.40. The number of carbonyl (C=O) groups excluding carboxylic acids is 1. The third kappa shape index (κ3) is 4.63. The maximum absolute atomic E-state index is 11.7. The molecule has 0 unspecified atom stereocenters. The van der Waals surface area contributed by atoms with Gasteiger partial charge in [0, 0.05) is 13.2 Å². The number of nitrogens with one attached hydrogen (secondary N) is 1. The van der Waals surface area contributed by atoms with E-state index in [4.69, 9.17) is 4.74 Å². The molecular formula is C13H19NO4. The van der Waals surface area contributed by atoms with Crippen molar-refractivity contribution >= 4 is 5.91 Å². The fourth-order valence-electron chi connectivity index (χ4n) is 1.39. The maximum Gasteiger partial charge on any atom is 0.255 e. The third-order valence-electron chi connectivity index (χ3n) is 2.40. The van der Waals surface area contributed by atoms with Crippen molar-refractivity contribution in [1.82, 2.24) is 5.32 Å². The van der Waals surface area contributed by atoms with Crippen LogP contribution in [0.25, 0.3) is 0 Å². The highest BCUT2D eigenvalue weighted by Crippen LogP contribution is 2.21. The van der Waals surface area contributed by atoms with E-state index in [0.717, 1.165) is 12.8 Å². The predicted octanol–water partition coefficient (Wildman–Crippen LogP) is 1.64. The molecule has 1 amide bonds. The Morgan fingerprint density at radius 2 is 2.11 bits per heavy atom. The van der Waals surface area contributed by atoms with Gasteiger partial charge in [-0.2, -0.15) is 0 Å². The molecule has 0 radical (unpaired) electrons. The first-order valence-electron chi connectivity index (χ1n) is 6.03. The van der Waals surface area contributed by atoms with Crippen molar-refractivity contribution in [2.45, 2.75) is 19.8 Å². The smallest absolute Gasteiger partial charge is 0.255 e. The number of aromatic hydroxyl groups is 2. The van der Waals surface area contributed by atoms with Crippen molar-refractivity contribution in [2.24, 2.45) is 0 Å². The number of amides is 1. The molecule has 100 valence electrons. The molecule has 0 aromatic heterocycles. The molecule has 0 atom stereocenters. The highest BCUT2D eigenvalue weighted by molar-refractivity contribution is 5.97. The normalized spacial score (nSPS) is 10.3. The number of carbonyl (C=O) groups is 1. The number of phenols is 2. The number of rotatable bonds is 7. The van der Waals surface area contributed by atoms with Gasteiger partial charge in [-0.25, -0.2) is 0 Å². The fraction of sp³-hybridized carbons (Fsp3) is 0.462. The van der Waals surface area contributed by atoms with Crippen LogP contribution in [0, 0.1) is 0 Å².